The molecule has 3 rings (SSSR count). The van der Waals surface area contributed by atoms with E-state index in [1.165, 1.54) is 0 Å². The van der Waals surface area contributed by atoms with Crippen molar-refractivity contribution in [3.8, 4) is 0 Å². The smallest absolute Gasteiger partial charge is 0.228 e. The van der Waals surface area contributed by atoms with Gasteiger partial charge in [0.1, 0.15) is 5.82 Å². The molecule has 0 fully saturated rings. The Morgan fingerprint density at radius 2 is 1.74 bits per heavy atom. The Morgan fingerprint density at radius 3 is 2.57 bits per heavy atom. The summed E-state index contributed by atoms with van der Waals surface area (Å²) in [6, 6.07) is 16.5. The van der Waals surface area contributed by atoms with E-state index in [2.05, 4.69) is 37.2 Å². The molecule has 0 spiro atoms. The predicted octanol–water partition coefficient (Wildman–Crippen LogP) is 5.69. The number of fused-ring (bicyclic) bond motifs is 1. The molecule has 5 heteroatoms. The van der Waals surface area contributed by atoms with Crippen LogP contribution in [0.3, 0.4) is 0 Å². The highest BCUT2D eigenvalue weighted by molar-refractivity contribution is 9.11. The van der Waals surface area contributed by atoms with Gasteiger partial charge < -0.3 is 5.32 Å². The van der Waals surface area contributed by atoms with Crippen molar-refractivity contribution in [2.75, 3.05) is 5.32 Å². The molecule has 0 atom stereocenters. The summed E-state index contributed by atoms with van der Waals surface area (Å²) in [6.45, 7) is 0. The van der Waals surface area contributed by atoms with E-state index in [-0.39, 0.29) is 12.3 Å². The lowest BCUT2D eigenvalue weighted by atomic mass is 10.1. The molecule has 0 aliphatic carbocycles. The van der Waals surface area contributed by atoms with Gasteiger partial charge >= 0.3 is 0 Å². The number of benzene rings is 3. The molecule has 0 saturated carbocycles. The first-order chi connectivity index (χ1) is 11.0. The highest BCUT2D eigenvalue weighted by atomic mass is 79.9. The Balaban J connectivity index is 1.79. The van der Waals surface area contributed by atoms with Crippen LogP contribution in [0.25, 0.3) is 10.8 Å². The zero-order chi connectivity index (χ0) is 16.4. The number of anilines is 1. The van der Waals surface area contributed by atoms with Crippen LogP contribution in [0.2, 0.25) is 0 Å². The monoisotopic (exact) mass is 435 g/mol. The number of amides is 1. The molecule has 3 aromatic rings. The Morgan fingerprint density at radius 1 is 1.00 bits per heavy atom. The number of carbonyl (C=O) groups excluding carboxylic acids is 1. The van der Waals surface area contributed by atoms with Crippen molar-refractivity contribution in [3.63, 3.8) is 0 Å². The summed E-state index contributed by atoms with van der Waals surface area (Å²) in [4.78, 5) is 12.1. The second-order valence-electron chi connectivity index (χ2n) is 5.11. The maximum Gasteiger partial charge on any atom is 0.228 e. The molecule has 0 saturated heterocycles. The van der Waals surface area contributed by atoms with E-state index < -0.39 is 5.82 Å². The first-order valence-electron chi connectivity index (χ1n) is 6.95. The van der Waals surface area contributed by atoms with Gasteiger partial charge in [-0.25, -0.2) is 4.39 Å². The number of halogens is 3. The lowest BCUT2D eigenvalue weighted by Crippen LogP contribution is -2.15. The molecule has 3 aromatic carbocycles. The summed E-state index contributed by atoms with van der Waals surface area (Å²) >= 11 is 6.62. The summed E-state index contributed by atoms with van der Waals surface area (Å²) in [5, 5.41) is 4.90. The van der Waals surface area contributed by atoms with Gasteiger partial charge in [-0.1, -0.05) is 46.3 Å². The number of carbonyl (C=O) groups is 1. The molecule has 0 aliphatic heterocycles. The van der Waals surface area contributed by atoms with Crippen LogP contribution in [-0.4, -0.2) is 5.91 Å². The first-order valence-corrected chi connectivity index (χ1v) is 8.54. The van der Waals surface area contributed by atoms with Gasteiger partial charge in [-0.2, -0.15) is 0 Å². The van der Waals surface area contributed by atoms with Crippen LogP contribution >= 0.6 is 31.9 Å². The van der Waals surface area contributed by atoms with Gasteiger partial charge in [0.25, 0.3) is 0 Å². The highest BCUT2D eigenvalue weighted by Gasteiger charge is 2.11. The number of rotatable bonds is 3. The van der Waals surface area contributed by atoms with Gasteiger partial charge in [0.05, 0.1) is 10.9 Å². The van der Waals surface area contributed by atoms with Crippen molar-refractivity contribution < 1.29 is 9.18 Å². The van der Waals surface area contributed by atoms with E-state index >= 15 is 0 Å². The molecule has 0 unspecified atom stereocenters. The van der Waals surface area contributed by atoms with E-state index in [1.807, 2.05) is 36.4 Å². The summed E-state index contributed by atoms with van der Waals surface area (Å²) in [5.74, 6) is -0.651. The van der Waals surface area contributed by atoms with E-state index in [4.69, 9.17) is 0 Å². The molecule has 0 bridgehead atoms. The Bertz CT molecular complexity index is 895. The van der Waals surface area contributed by atoms with Crippen molar-refractivity contribution >= 4 is 54.2 Å². The van der Waals surface area contributed by atoms with Crippen molar-refractivity contribution in [1.82, 2.24) is 0 Å². The fourth-order valence-corrected chi connectivity index (χ4v) is 3.31. The molecule has 0 heterocycles. The van der Waals surface area contributed by atoms with Gasteiger partial charge in [-0.05, 0) is 56.5 Å². The van der Waals surface area contributed by atoms with E-state index in [9.17, 15) is 9.18 Å². The van der Waals surface area contributed by atoms with Crippen molar-refractivity contribution in [2.45, 2.75) is 6.42 Å². The molecule has 0 aliphatic rings. The summed E-state index contributed by atoms with van der Waals surface area (Å²) in [7, 11) is 0. The molecule has 1 N–H and O–H groups in total. The minimum absolute atomic E-state index is 0.0121. The van der Waals surface area contributed by atoms with Crippen molar-refractivity contribution in [1.29, 1.82) is 0 Å². The molecule has 1 amide bonds. The lowest BCUT2D eigenvalue weighted by molar-refractivity contribution is -0.115. The maximum atomic E-state index is 13.9. The zero-order valence-corrected chi connectivity index (χ0v) is 15.1. The third kappa shape index (κ3) is 3.62. The van der Waals surface area contributed by atoms with Gasteiger partial charge in [-0.15, -0.1) is 0 Å². The highest BCUT2D eigenvalue weighted by Crippen LogP contribution is 2.26. The fourth-order valence-electron chi connectivity index (χ4n) is 2.39. The molecular weight excluding hydrogens is 425 g/mol. The average molecular weight is 437 g/mol. The summed E-state index contributed by atoms with van der Waals surface area (Å²) in [6.07, 6.45) is -0.0121. The van der Waals surface area contributed by atoms with Gasteiger partial charge in [-0.3, -0.25) is 4.79 Å². The zero-order valence-electron chi connectivity index (χ0n) is 11.9. The Hall–Kier alpha value is -1.72. The van der Waals surface area contributed by atoms with Crippen molar-refractivity contribution in [2.24, 2.45) is 0 Å². The second-order valence-corrected chi connectivity index (χ2v) is 6.82. The topological polar surface area (TPSA) is 29.1 Å². The standard InChI is InChI=1S/C18H12Br2FNO/c19-15-5-1-3-11-9-13(7-8-14(11)15)22-17(23)10-12-4-2-6-16(20)18(12)21/h1-9H,10H2,(H,22,23). The number of nitrogens with one attached hydrogen (secondary N) is 1. The first kappa shape index (κ1) is 16.1. The van der Waals surface area contributed by atoms with Crippen LogP contribution in [0.1, 0.15) is 5.56 Å². The molecular formula is C18H12Br2FNO. The van der Waals surface area contributed by atoms with Crippen LogP contribution in [0.15, 0.2) is 63.5 Å². The van der Waals surface area contributed by atoms with Crippen LogP contribution in [0.5, 0.6) is 0 Å². The van der Waals surface area contributed by atoms with Crippen LogP contribution < -0.4 is 5.32 Å². The lowest BCUT2D eigenvalue weighted by Gasteiger charge is -2.08. The quantitative estimate of drug-likeness (QED) is 0.561. The van der Waals surface area contributed by atoms with Gasteiger partial charge in [0.2, 0.25) is 5.91 Å². The largest absolute Gasteiger partial charge is 0.326 e. The molecule has 23 heavy (non-hydrogen) atoms. The normalized spacial score (nSPS) is 10.7. The maximum absolute atomic E-state index is 13.9. The average Bonchev–Trinajstić information content (AvgIpc) is 2.52. The Kier molecular flexibility index (Phi) is 4.78. The number of hydrogen-bond donors (Lipinski definition) is 1. The third-order valence-electron chi connectivity index (χ3n) is 3.49. The van der Waals surface area contributed by atoms with Crippen LogP contribution in [-0.2, 0) is 11.2 Å². The fraction of sp³-hybridized carbons (Fsp3) is 0.0556. The van der Waals surface area contributed by atoms with E-state index in [1.54, 1.807) is 18.2 Å². The van der Waals surface area contributed by atoms with E-state index in [0.717, 1.165) is 15.2 Å². The van der Waals surface area contributed by atoms with Gasteiger partial charge in [0, 0.05) is 10.2 Å². The van der Waals surface area contributed by atoms with Crippen LogP contribution in [0.4, 0.5) is 10.1 Å². The minimum atomic E-state index is -0.398. The Labute approximate surface area is 150 Å². The van der Waals surface area contributed by atoms with E-state index in [0.29, 0.717) is 15.7 Å². The molecule has 0 aromatic heterocycles. The van der Waals surface area contributed by atoms with Crippen molar-refractivity contribution in [3.05, 3.63) is 74.9 Å². The number of hydrogen-bond acceptors (Lipinski definition) is 1. The molecule has 2 nitrogen and oxygen atoms in total. The minimum Gasteiger partial charge on any atom is -0.326 e. The summed E-state index contributed by atoms with van der Waals surface area (Å²) in [5.41, 5.74) is 1.05. The van der Waals surface area contributed by atoms with Gasteiger partial charge in [0.15, 0.2) is 0 Å². The predicted molar refractivity (Wildman–Crippen MR) is 98.1 cm³/mol. The van der Waals surface area contributed by atoms with Crippen LogP contribution in [0, 0.1) is 5.82 Å². The summed E-state index contributed by atoms with van der Waals surface area (Å²) < 4.78 is 15.3. The second kappa shape index (κ2) is 6.81. The molecule has 116 valence electrons. The SMILES string of the molecule is O=C(Cc1cccc(Br)c1F)Nc1ccc2c(Br)cccc2c1. The molecule has 0 radical (unpaired) electrons. The third-order valence-corrected chi connectivity index (χ3v) is 4.80.